The minimum Gasteiger partial charge on any atom is -0.453 e. The van der Waals surface area contributed by atoms with Crippen LogP contribution in [0.2, 0.25) is 0 Å². The molecule has 0 bridgehead atoms. The minimum atomic E-state index is 0.749. The predicted octanol–water partition coefficient (Wildman–Crippen LogP) is 4.59. The minimum absolute atomic E-state index is 0.749. The third kappa shape index (κ3) is 1.89. The van der Waals surface area contributed by atoms with Gasteiger partial charge < -0.3 is 4.42 Å². The fraction of sp³-hybridized carbons (Fsp3) is 0. The summed E-state index contributed by atoms with van der Waals surface area (Å²) in [6.45, 7) is 0. The number of hydrogen-bond donors (Lipinski definition) is 0. The van der Waals surface area contributed by atoms with Gasteiger partial charge in [-0.1, -0.05) is 24.3 Å². The summed E-state index contributed by atoms with van der Waals surface area (Å²) in [5, 5.41) is 2.09. The Balaban J connectivity index is 1.76. The van der Waals surface area contributed by atoms with E-state index in [4.69, 9.17) is 14.4 Å². The van der Waals surface area contributed by atoms with Crippen molar-refractivity contribution >= 4 is 33.0 Å². The highest BCUT2D eigenvalue weighted by Gasteiger charge is 2.10. The zero-order valence-electron chi connectivity index (χ0n) is 12.1. The Labute approximate surface area is 131 Å². The number of furan rings is 1. The molecule has 0 aliphatic heterocycles. The summed E-state index contributed by atoms with van der Waals surface area (Å²) in [6.07, 6.45) is 3.46. The van der Waals surface area contributed by atoms with Crippen molar-refractivity contribution in [1.82, 2.24) is 15.0 Å². The van der Waals surface area contributed by atoms with Gasteiger partial charge in [-0.2, -0.15) is 0 Å². The molecule has 5 rings (SSSR count). The maximum absolute atomic E-state index is 5.77. The van der Waals surface area contributed by atoms with Gasteiger partial charge in [0.2, 0.25) is 0 Å². The predicted molar refractivity (Wildman–Crippen MR) is 90.0 cm³/mol. The van der Waals surface area contributed by atoms with E-state index >= 15 is 0 Å². The summed E-state index contributed by atoms with van der Waals surface area (Å²) < 4.78 is 5.77. The first-order valence-corrected chi connectivity index (χ1v) is 7.38. The molecule has 23 heavy (non-hydrogen) atoms. The Morgan fingerprint density at radius 3 is 2.61 bits per heavy atom. The van der Waals surface area contributed by atoms with Crippen LogP contribution in [-0.4, -0.2) is 15.0 Å². The van der Waals surface area contributed by atoms with Gasteiger partial charge in [0.05, 0.1) is 23.1 Å². The largest absolute Gasteiger partial charge is 0.453 e. The highest BCUT2D eigenvalue weighted by atomic mass is 16.3. The lowest BCUT2D eigenvalue weighted by Crippen LogP contribution is -1.88. The second-order valence-corrected chi connectivity index (χ2v) is 5.41. The van der Waals surface area contributed by atoms with E-state index in [-0.39, 0.29) is 0 Å². The smallest absolute Gasteiger partial charge is 0.155 e. The normalized spacial score (nSPS) is 11.5. The first-order chi connectivity index (χ1) is 11.4. The zero-order chi connectivity index (χ0) is 15.2. The molecule has 4 aromatic heterocycles. The molecule has 0 spiro atoms. The van der Waals surface area contributed by atoms with Gasteiger partial charge in [-0.05, 0) is 30.3 Å². The summed E-state index contributed by atoms with van der Waals surface area (Å²) in [5.74, 6) is 0. The van der Waals surface area contributed by atoms with Crippen LogP contribution in [0.1, 0.15) is 0 Å². The Morgan fingerprint density at radius 1 is 0.739 bits per heavy atom. The van der Waals surface area contributed by atoms with Crippen molar-refractivity contribution in [3.8, 4) is 11.4 Å². The molecule has 108 valence electrons. The average Bonchev–Trinajstić information content (AvgIpc) is 2.99. The van der Waals surface area contributed by atoms with Gasteiger partial charge in [0, 0.05) is 17.0 Å². The Kier molecular flexibility index (Phi) is 2.46. The topological polar surface area (TPSA) is 51.8 Å². The van der Waals surface area contributed by atoms with Crippen LogP contribution in [0.3, 0.4) is 0 Å². The molecule has 0 fully saturated rings. The third-order valence-corrected chi connectivity index (χ3v) is 3.98. The molecule has 0 atom stereocenters. The first-order valence-electron chi connectivity index (χ1n) is 7.38. The molecule has 0 aliphatic rings. The first kappa shape index (κ1) is 12.3. The van der Waals surface area contributed by atoms with Gasteiger partial charge in [0.25, 0.3) is 0 Å². The molecule has 0 radical (unpaired) electrons. The lowest BCUT2D eigenvalue weighted by molar-refractivity contribution is 0.666. The van der Waals surface area contributed by atoms with Crippen molar-refractivity contribution in [3.63, 3.8) is 0 Å². The standard InChI is InChI=1S/C19H11N3O/c1-2-4-14-12(3-1)5-6-15(21-14)16-7-8-17-19(22-16)13-9-10-20-11-18(13)23-17/h1-11H. The molecule has 0 N–H and O–H groups in total. The number of rotatable bonds is 1. The second kappa shape index (κ2) is 4.61. The Hall–Kier alpha value is -3.27. The highest BCUT2D eigenvalue weighted by Crippen LogP contribution is 2.29. The summed E-state index contributed by atoms with van der Waals surface area (Å²) in [6, 6.07) is 17.9. The number of pyridine rings is 3. The number of fused-ring (bicyclic) bond motifs is 4. The van der Waals surface area contributed by atoms with Gasteiger partial charge >= 0.3 is 0 Å². The number of para-hydroxylation sites is 1. The maximum atomic E-state index is 5.77. The quantitative estimate of drug-likeness (QED) is 0.454. The summed E-state index contributed by atoms with van der Waals surface area (Å²) >= 11 is 0. The van der Waals surface area contributed by atoms with Crippen molar-refractivity contribution in [2.24, 2.45) is 0 Å². The number of aromatic nitrogens is 3. The van der Waals surface area contributed by atoms with Crippen LogP contribution in [-0.2, 0) is 0 Å². The fourth-order valence-corrected chi connectivity index (χ4v) is 2.85. The van der Waals surface area contributed by atoms with Gasteiger partial charge in [-0.3, -0.25) is 4.98 Å². The maximum Gasteiger partial charge on any atom is 0.155 e. The van der Waals surface area contributed by atoms with Crippen LogP contribution in [0.5, 0.6) is 0 Å². The molecule has 4 nitrogen and oxygen atoms in total. The van der Waals surface area contributed by atoms with E-state index in [9.17, 15) is 0 Å². The van der Waals surface area contributed by atoms with E-state index in [0.29, 0.717) is 0 Å². The van der Waals surface area contributed by atoms with Crippen LogP contribution >= 0.6 is 0 Å². The van der Waals surface area contributed by atoms with Crippen LogP contribution in [0.4, 0.5) is 0 Å². The third-order valence-electron chi connectivity index (χ3n) is 3.98. The number of benzene rings is 1. The molecule has 0 unspecified atom stereocenters. The lowest BCUT2D eigenvalue weighted by Gasteiger charge is -2.02. The molecule has 4 heterocycles. The summed E-state index contributed by atoms with van der Waals surface area (Å²) in [7, 11) is 0. The van der Waals surface area contributed by atoms with Gasteiger partial charge in [-0.25, -0.2) is 9.97 Å². The van der Waals surface area contributed by atoms with Crippen LogP contribution in [0.15, 0.2) is 71.4 Å². The van der Waals surface area contributed by atoms with Gasteiger partial charge in [0.1, 0.15) is 5.52 Å². The van der Waals surface area contributed by atoms with Crippen LogP contribution in [0.25, 0.3) is 44.4 Å². The fourth-order valence-electron chi connectivity index (χ4n) is 2.85. The van der Waals surface area contributed by atoms with E-state index in [1.165, 1.54) is 0 Å². The molecule has 0 amide bonds. The van der Waals surface area contributed by atoms with Crippen molar-refractivity contribution < 1.29 is 4.42 Å². The van der Waals surface area contributed by atoms with Crippen molar-refractivity contribution in [1.29, 1.82) is 0 Å². The van der Waals surface area contributed by atoms with E-state index in [0.717, 1.165) is 44.4 Å². The molecule has 4 heteroatoms. The zero-order valence-corrected chi connectivity index (χ0v) is 12.1. The second-order valence-electron chi connectivity index (χ2n) is 5.41. The molecule has 0 saturated carbocycles. The van der Waals surface area contributed by atoms with Gasteiger partial charge in [0.15, 0.2) is 11.2 Å². The van der Waals surface area contributed by atoms with Crippen LogP contribution < -0.4 is 0 Å². The molecule has 0 aliphatic carbocycles. The number of nitrogens with zero attached hydrogens (tertiary/aromatic N) is 3. The highest BCUT2D eigenvalue weighted by molar-refractivity contribution is 6.02. The summed E-state index contributed by atoms with van der Waals surface area (Å²) in [4.78, 5) is 13.6. The molecule has 0 saturated heterocycles. The summed E-state index contributed by atoms with van der Waals surface area (Å²) in [5.41, 5.74) is 5.01. The van der Waals surface area contributed by atoms with Crippen molar-refractivity contribution in [2.75, 3.05) is 0 Å². The van der Waals surface area contributed by atoms with E-state index in [2.05, 4.69) is 17.1 Å². The number of hydrogen-bond acceptors (Lipinski definition) is 4. The van der Waals surface area contributed by atoms with Crippen LogP contribution in [0, 0.1) is 0 Å². The Morgan fingerprint density at radius 2 is 1.61 bits per heavy atom. The van der Waals surface area contributed by atoms with E-state index in [1.807, 2.05) is 42.5 Å². The van der Waals surface area contributed by atoms with E-state index < -0.39 is 0 Å². The molecular formula is C19H11N3O. The Bertz CT molecular complexity index is 1180. The van der Waals surface area contributed by atoms with Gasteiger partial charge in [-0.15, -0.1) is 0 Å². The lowest BCUT2D eigenvalue weighted by atomic mass is 10.1. The molecule has 5 aromatic rings. The van der Waals surface area contributed by atoms with Crippen molar-refractivity contribution in [3.05, 3.63) is 67.0 Å². The molecule has 1 aromatic carbocycles. The average molecular weight is 297 g/mol. The monoisotopic (exact) mass is 297 g/mol. The SMILES string of the molecule is c1ccc2nc(-c3ccc4oc5cnccc5c4n3)ccc2c1. The van der Waals surface area contributed by atoms with Crippen molar-refractivity contribution in [2.45, 2.75) is 0 Å². The van der Waals surface area contributed by atoms with E-state index in [1.54, 1.807) is 12.4 Å². The molecular weight excluding hydrogens is 286 g/mol.